The lowest BCUT2D eigenvalue weighted by Gasteiger charge is -2.09. The van der Waals surface area contributed by atoms with E-state index in [-0.39, 0.29) is 0 Å². The van der Waals surface area contributed by atoms with Gasteiger partial charge in [-0.3, -0.25) is 0 Å². The molecule has 0 aliphatic rings. The standard InChI is InChI=1S/C14H15ClN2S/c1-3-6-11-13(15)16-9-17-14(11)18-12-8-5-4-7-10(12)2/h4-5,7-9H,3,6H2,1-2H3. The van der Waals surface area contributed by atoms with Crippen LogP contribution in [0.3, 0.4) is 0 Å². The average Bonchev–Trinajstić information content (AvgIpc) is 2.36. The van der Waals surface area contributed by atoms with Crippen LogP contribution in [0, 0.1) is 6.92 Å². The zero-order chi connectivity index (χ0) is 13.0. The van der Waals surface area contributed by atoms with Crippen LogP contribution in [0.4, 0.5) is 0 Å². The van der Waals surface area contributed by atoms with E-state index in [2.05, 4.69) is 35.9 Å². The van der Waals surface area contributed by atoms with Gasteiger partial charge in [-0.15, -0.1) is 0 Å². The summed E-state index contributed by atoms with van der Waals surface area (Å²) in [5, 5.41) is 1.54. The van der Waals surface area contributed by atoms with Gasteiger partial charge in [0, 0.05) is 10.5 Å². The van der Waals surface area contributed by atoms with Crippen molar-refractivity contribution in [2.24, 2.45) is 0 Å². The zero-order valence-electron chi connectivity index (χ0n) is 10.5. The van der Waals surface area contributed by atoms with Crippen molar-refractivity contribution in [1.82, 2.24) is 9.97 Å². The summed E-state index contributed by atoms with van der Waals surface area (Å²) >= 11 is 7.81. The van der Waals surface area contributed by atoms with Crippen LogP contribution in [0.2, 0.25) is 5.15 Å². The Morgan fingerprint density at radius 1 is 1.22 bits per heavy atom. The van der Waals surface area contributed by atoms with E-state index in [0.717, 1.165) is 23.4 Å². The van der Waals surface area contributed by atoms with Crippen molar-refractivity contribution < 1.29 is 0 Å². The SMILES string of the molecule is CCCc1c(Cl)ncnc1Sc1ccccc1C. The van der Waals surface area contributed by atoms with Gasteiger partial charge in [-0.1, -0.05) is 54.9 Å². The Balaban J connectivity index is 2.34. The van der Waals surface area contributed by atoms with Crippen LogP contribution in [-0.4, -0.2) is 9.97 Å². The van der Waals surface area contributed by atoms with Gasteiger partial charge in [0.1, 0.15) is 16.5 Å². The van der Waals surface area contributed by atoms with Gasteiger partial charge in [0.25, 0.3) is 0 Å². The molecule has 0 amide bonds. The molecule has 0 spiro atoms. The molecule has 2 aromatic rings. The molecule has 18 heavy (non-hydrogen) atoms. The van der Waals surface area contributed by atoms with Crippen LogP contribution in [0.15, 0.2) is 40.5 Å². The highest BCUT2D eigenvalue weighted by Gasteiger charge is 2.11. The Kier molecular flexibility index (Phi) is 4.61. The van der Waals surface area contributed by atoms with Crippen LogP contribution in [0.1, 0.15) is 24.5 Å². The van der Waals surface area contributed by atoms with Gasteiger partial charge in [0.15, 0.2) is 0 Å². The van der Waals surface area contributed by atoms with Gasteiger partial charge in [-0.05, 0) is 25.0 Å². The fraction of sp³-hybridized carbons (Fsp3) is 0.286. The van der Waals surface area contributed by atoms with Crippen molar-refractivity contribution in [2.45, 2.75) is 36.6 Å². The van der Waals surface area contributed by atoms with E-state index in [1.807, 2.05) is 12.1 Å². The average molecular weight is 279 g/mol. The minimum Gasteiger partial charge on any atom is -0.229 e. The summed E-state index contributed by atoms with van der Waals surface area (Å²) < 4.78 is 0. The third-order valence-corrected chi connectivity index (χ3v) is 4.20. The summed E-state index contributed by atoms with van der Waals surface area (Å²) in [6, 6.07) is 8.29. The van der Waals surface area contributed by atoms with E-state index >= 15 is 0 Å². The smallest absolute Gasteiger partial charge is 0.136 e. The molecule has 0 saturated heterocycles. The number of benzene rings is 1. The fourth-order valence-corrected chi connectivity index (χ4v) is 2.99. The number of aryl methyl sites for hydroxylation is 1. The molecule has 0 aliphatic carbocycles. The van der Waals surface area contributed by atoms with Gasteiger partial charge < -0.3 is 0 Å². The van der Waals surface area contributed by atoms with Crippen molar-refractivity contribution >= 4 is 23.4 Å². The Labute approximate surface area is 117 Å². The number of nitrogens with zero attached hydrogens (tertiary/aromatic N) is 2. The molecule has 0 N–H and O–H groups in total. The molecule has 0 bridgehead atoms. The van der Waals surface area contributed by atoms with Crippen LogP contribution < -0.4 is 0 Å². The highest BCUT2D eigenvalue weighted by molar-refractivity contribution is 7.99. The molecule has 0 saturated carbocycles. The molecule has 0 unspecified atom stereocenters. The van der Waals surface area contributed by atoms with Crippen molar-refractivity contribution in [1.29, 1.82) is 0 Å². The minimum atomic E-state index is 0.572. The van der Waals surface area contributed by atoms with Crippen molar-refractivity contribution in [3.63, 3.8) is 0 Å². The van der Waals surface area contributed by atoms with E-state index < -0.39 is 0 Å². The maximum atomic E-state index is 6.15. The second kappa shape index (κ2) is 6.21. The largest absolute Gasteiger partial charge is 0.229 e. The van der Waals surface area contributed by atoms with Gasteiger partial charge in [0.05, 0.1) is 0 Å². The maximum absolute atomic E-state index is 6.15. The molecule has 0 atom stereocenters. The van der Waals surface area contributed by atoms with Crippen LogP contribution in [0.25, 0.3) is 0 Å². The monoisotopic (exact) mass is 278 g/mol. The summed E-state index contributed by atoms with van der Waals surface area (Å²) in [4.78, 5) is 9.64. The highest BCUT2D eigenvalue weighted by atomic mass is 35.5. The van der Waals surface area contributed by atoms with Crippen LogP contribution >= 0.6 is 23.4 Å². The second-order valence-corrected chi connectivity index (χ2v) is 5.45. The Morgan fingerprint density at radius 2 is 2.00 bits per heavy atom. The number of aromatic nitrogens is 2. The number of rotatable bonds is 4. The Bertz CT molecular complexity index is 543. The fourth-order valence-electron chi connectivity index (χ4n) is 1.70. The second-order valence-electron chi connectivity index (χ2n) is 4.07. The molecular weight excluding hydrogens is 264 g/mol. The number of hydrogen-bond donors (Lipinski definition) is 0. The maximum Gasteiger partial charge on any atom is 0.136 e. The van der Waals surface area contributed by atoms with Crippen molar-refractivity contribution in [3.05, 3.63) is 46.9 Å². The molecule has 94 valence electrons. The van der Waals surface area contributed by atoms with E-state index in [4.69, 9.17) is 11.6 Å². The molecule has 0 aliphatic heterocycles. The molecule has 1 aromatic carbocycles. The van der Waals surface area contributed by atoms with E-state index in [1.165, 1.54) is 16.8 Å². The lowest BCUT2D eigenvalue weighted by Crippen LogP contribution is -1.95. The summed E-state index contributed by atoms with van der Waals surface area (Å²) in [5.41, 5.74) is 2.30. The van der Waals surface area contributed by atoms with E-state index in [9.17, 15) is 0 Å². The third kappa shape index (κ3) is 3.03. The summed E-state index contributed by atoms with van der Waals surface area (Å²) in [7, 11) is 0. The lowest BCUT2D eigenvalue weighted by molar-refractivity contribution is 0.856. The van der Waals surface area contributed by atoms with Gasteiger partial charge in [0.2, 0.25) is 0 Å². The topological polar surface area (TPSA) is 25.8 Å². The normalized spacial score (nSPS) is 10.6. The Morgan fingerprint density at radius 3 is 2.72 bits per heavy atom. The zero-order valence-corrected chi connectivity index (χ0v) is 12.1. The first-order valence-electron chi connectivity index (χ1n) is 5.95. The van der Waals surface area contributed by atoms with E-state index in [1.54, 1.807) is 11.8 Å². The molecule has 2 nitrogen and oxygen atoms in total. The van der Waals surface area contributed by atoms with Crippen molar-refractivity contribution in [3.8, 4) is 0 Å². The molecule has 1 heterocycles. The third-order valence-electron chi connectivity index (χ3n) is 2.65. The molecule has 1 aromatic heterocycles. The van der Waals surface area contributed by atoms with Gasteiger partial charge in [-0.25, -0.2) is 9.97 Å². The van der Waals surface area contributed by atoms with E-state index in [0.29, 0.717) is 5.15 Å². The molecule has 0 radical (unpaired) electrons. The highest BCUT2D eigenvalue weighted by Crippen LogP contribution is 2.33. The first-order valence-corrected chi connectivity index (χ1v) is 7.14. The van der Waals surface area contributed by atoms with Gasteiger partial charge >= 0.3 is 0 Å². The van der Waals surface area contributed by atoms with Crippen molar-refractivity contribution in [2.75, 3.05) is 0 Å². The van der Waals surface area contributed by atoms with Gasteiger partial charge in [-0.2, -0.15) is 0 Å². The lowest BCUT2D eigenvalue weighted by atomic mass is 10.2. The Hall–Kier alpha value is -1.06. The predicted octanol–water partition coefficient (Wildman–Crippen LogP) is 4.54. The minimum absolute atomic E-state index is 0.572. The molecular formula is C14H15ClN2S. The van der Waals surface area contributed by atoms with Crippen LogP contribution in [0.5, 0.6) is 0 Å². The number of halogens is 1. The quantitative estimate of drug-likeness (QED) is 0.768. The molecule has 4 heteroatoms. The summed E-state index contributed by atoms with van der Waals surface area (Å²) in [6.45, 7) is 4.23. The first kappa shape index (κ1) is 13.4. The van der Waals surface area contributed by atoms with Crippen LogP contribution in [-0.2, 0) is 6.42 Å². The molecule has 2 rings (SSSR count). The first-order chi connectivity index (χ1) is 8.72. The summed E-state index contributed by atoms with van der Waals surface area (Å²) in [5.74, 6) is 0. The predicted molar refractivity (Wildman–Crippen MR) is 76.3 cm³/mol. The summed E-state index contributed by atoms with van der Waals surface area (Å²) in [6.07, 6.45) is 3.48. The molecule has 0 fully saturated rings. The number of hydrogen-bond acceptors (Lipinski definition) is 3.